The third-order valence-corrected chi connectivity index (χ3v) is 2.52. The van der Waals surface area contributed by atoms with E-state index in [9.17, 15) is 4.79 Å². The number of aryl methyl sites for hydroxylation is 1. The van der Waals surface area contributed by atoms with Crippen LogP contribution < -0.4 is 0 Å². The molecule has 0 aliphatic carbocycles. The normalized spacial score (nSPS) is 9.40. The maximum atomic E-state index is 10.9. The molecule has 4 nitrogen and oxygen atoms in total. The largest absolute Gasteiger partial charge is 0.469 e. The molecule has 0 fully saturated rings. The lowest BCUT2D eigenvalue weighted by Crippen LogP contribution is -2.03. The molecule has 0 atom stereocenters. The minimum Gasteiger partial charge on any atom is -0.469 e. The molecule has 0 bridgehead atoms. The first-order valence-corrected chi connectivity index (χ1v) is 5.07. The Bertz CT molecular complexity index is 412. The van der Waals surface area contributed by atoms with Crippen molar-refractivity contribution < 1.29 is 9.53 Å². The molecule has 0 saturated carbocycles. The summed E-state index contributed by atoms with van der Waals surface area (Å²) in [5.74, 6) is -0.293. The lowest BCUT2D eigenvalue weighted by molar-refractivity contribution is -0.140. The summed E-state index contributed by atoms with van der Waals surface area (Å²) in [6, 6.07) is 2.07. The van der Waals surface area contributed by atoms with Crippen LogP contribution in [0.25, 0.3) is 0 Å². The van der Waals surface area contributed by atoms with E-state index in [0.717, 1.165) is 5.56 Å². The topological polar surface area (TPSA) is 63.0 Å². The first-order chi connectivity index (χ1) is 7.19. The lowest BCUT2D eigenvalue weighted by atomic mass is 10.1. The fourth-order valence-electron chi connectivity index (χ4n) is 1.13. The molecule has 0 radical (unpaired) electrons. The maximum absolute atomic E-state index is 10.9. The molecule has 0 aliphatic rings. The Labute approximate surface area is 96.0 Å². The number of aromatic nitrogens is 1. The zero-order valence-corrected chi connectivity index (χ0v) is 9.74. The van der Waals surface area contributed by atoms with Crippen LogP contribution in [-0.2, 0) is 16.0 Å². The molecule has 0 aromatic carbocycles. The van der Waals surface area contributed by atoms with Gasteiger partial charge in [-0.25, -0.2) is 0 Å². The number of hydrogen-bond acceptors (Lipinski definition) is 4. The monoisotopic (exact) mass is 268 g/mol. The second-order valence-corrected chi connectivity index (χ2v) is 3.70. The van der Waals surface area contributed by atoms with Gasteiger partial charge in [0.2, 0.25) is 0 Å². The zero-order chi connectivity index (χ0) is 11.3. The van der Waals surface area contributed by atoms with Crippen LogP contribution in [-0.4, -0.2) is 18.1 Å². The summed E-state index contributed by atoms with van der Waals surface area (Å²) in [7, 11) is 1.34. The molecule has 15 heavy (non-hydrogen) atoms. The second kappa shape index (κ2) is 5.47. The molecule has 0 amide bonds. The number of nitriles is 1. The van der Waals surface area contributed by atoms with Gasteiger partial charge in [0.1, 0.15) is 6.07 Å². The van der Waals surface area contributed by atoms with Crippen LogP contribution in [0.5, 0.6) is 0 Å². The van der Waals surface area contributed by atoms with Crippen molar-refractivity contribution in [3.8, 4) is 6.07 Å². The highest BCUT2D eigenvalue weighted by Gasteiger charge is 2.08. The predicted molar refractivity (Wildman–Crippen MR) is 57.0 cm³/mol. The Morgan fingerprint density at radius 1 is 1.67 bits per heavy atom. The van der Waals surface area contributed by atoms with Gasteiger partial charge in [-0.3, -0.25) is 9.78 Å². The lowest BCUT2D eigenvalue weighted by Gasteiger charge is -2.03. The van der Waals surface area contributed by atoms with Crippen LogP contribution >= 0.6 is 15.9 Å². The van der Waals surface area contributed by atoms with E-state index in [1.165, 1.54) is 7.11 Å². The van der Waals surface area contributed by atoms with Crippen molar-refractivity contribution in [1.82, 2.24) is 4.98 Å². The van der Waals surface area contributed by atoms with Gasteiger partial charge in [-0.1, -0.05) is 0 Å². The summed E-state index contributed by atoms with van der Waals surface area (Å²) >= 11 is 3.23. The number of pyridine rings is 1. The van der Waals surface area contributed by atoms with E-state index in [0.29, 0.717) is 16.5 Å². The molecule has 0 aliphatic heterocycles. The van der Waals surface area contributed by atoms with Crippen molar-refractivity contribution >= 4 is 21.9 Å². The van der Waals surface area contributed by atoms with Crippen LogP contribution in [0.15, 0.2) is 16.9 Å². The van der Waals surface area contributed by atoms with Gasteiger partial charge < -0.3 is 4.74 Å². The summed E-state index contributed by atoms with van der Waals surface area (Å²) in [5, 5.41) is 8.90. The number of hydrogen-bond donors (Lipinski definition) is 0. The average molecular weight is 269 g/mol. The second-order valence-electron chi connectivity index (χ2n) is 2.84. The van der Waals surface area contributed by atoms with Gasteiger partial charge in [-0.15, -0.1) is 0 Å². The van der Waals surface area contributed by atoms with Crippen molar-refractivity contribution in [2.24, 2.45) is 0 Å². The summed E-state index contributed by atoms with van der Waals surface area (Å²) in [5.41, 5.74) is 1.27. The number of esters is 1. The van der Waals surface area contributed by atoms with Gasteiger partial charge in [0, 0.05) is 18.8 Å². The SMILES string of the molecule is COC(=O)CCc1cncc(Br)c1C#N. The zero-order valence-electron chi connectivity index (χ0n) is 8.16. The number of methoxy groups -OCH3 is 1. The first kappa shape index (κ1) is 11.7. The molecule has 0 saturated heterocycles. The molecular formula is C10H9BrN2O2. The van der Waals surface area contributed by atoms with E-state index in [1.54, 1.807) is 12.4 Å². The summed E-state index contributed by atoms with van der Waals surface area (Å²) in [6.45, 7) is 0. The average Bonchev–Trinajstić information content (AvgIpc) is 2.25. The number of carbonyl (C=O) groups is 1. The molecule has 0 N–H and O–H groups in total. The Hall–Kier alpha value is -1.41. The summed E-state index contributed by atoms with van der Waals surface area (Å²) < 4.78 is 5.17. The fourth-order valence-corrected chi connectivity index (χ4v) is 1.59. The smallest absolute Gasteiger partial charge is 0.305 e. The Balaban J connectivity index is 2.82. The Morgan fingerprint density at radius 2 is 2.40 bits per heavy atom. The highest BCUT2D eigenvalue weighted by molar-refractivity contribution is 9.10. The van der Waals surface area contributed by atoms with Gasteiger partial charge in [-0.2, -0.15) is 5.26 Å². The van der Waals surface area contributed by atoms with Crippen LogP contribution in [0, 0.1) is 11.3 Å². The third kappa shape index (κ3) is 3.03. The quantitative estimate of drug-likeness (QED) is 0.785. The number of nitrogens with zero attached hydrogens (tertiary/aromatic N) is 2. The number of halogens is 1. The maximum Gasteiger partial charge on any atom is 0.305 e. The Kier molecular flexibility index (Phi) is 4.25. The third-order valence-electron chi connectivity index (χ3n) is 1.92. The minimum absolute atomic E-state index is 0.253. The van der Waals surface area contributed by atoms with Crippen molar-refractivity contribution in [2.45, 2.75) is 12.8 Å². The van der Waals surface area contributed by atoms with E-state index in [-0.39, 0.29) is 12.4 Å². The first-order valence-electron chi connectivity index (χ1n) is 4.28. The van der Waals surface area contributed by atoms with Crippen LogP contribution in [0.2, 0.25) is 0 Å². The van der Waals surface area contributed by atoms with Crippen molar-refractivity contribution in [3.05, 3.63) is 28.0 Å². The summed E-state index contributed by atoms with van der Waals surface area (Å²) in [6.07, 6.45) is 3.86. The van der Waals surface area contributed by atoms with E-state index in [1.807, 2.05) is 0 Å². The number of ether oxygens (including phenoxy) is 1. The molecule has 1 aromatic heterocycles. The number of carbonyl (C=O) groups excluding carboxylic acids is 1. The highest BCUT2D eigenvalue weighted by Crippen LogP contribution is 2.19. The minimum atomic E-state index is -0.293. The fraction of sp³-hybridized carbons (Fsp3) is 0.300. The standard InChI is InChI=1S/C10H9BrN2O2/c1-15-10(14)3-2-7-5-13-6-9(11)8(7)4-12/h5-6H,2-3H2,1H3. The van der Waals surface area contributed by atoms with E-state index >= 15 is 0 Å². The summed E-state index contributed by atoms with van der Waals surface area (Å²) in [4.78, 5) is 14.9. The predicted octanol–water partition coefficient (Wildman–Crippen LogP) is 1.82. The van der Waals surface area contributed by atoms with Crippen LogP contribution in [0.3, 0.4) is 0 Å². The van der Waals surface area contributed by atoms with Gasteiger partial charge >= 0.3 is 5.97 Å². The van der Waals surface area contributed by atoms with Crippen LogP contribution in [0.4, 0.5) is 0 Å². The molecule has 0 spiro atoms. The molecule has 5 heteroatoms. The molecule has 1 rings (SSSR count). The van der Waals surface area contributed by atoms with Crippen molar-refractivity contribution in [1.29, 1.82) is 5.26 Å². The molecule has 1 aromatic rings. The molecule has 1 heterocycles. The van der Waals surface area contributed by atoms with Gasteiger partial charge in [0.15, 0.2) is 0 Å². The van der Waals surface area contributed by atoms with Gasteiger partial charge in [0.05, 0.1) is 17.1 Å². The van der Waals surface area contributed by atoms with Crippen molar-refractivity contribution in [3.63, 3.8) is 0 Å². The Morgan fingerprint density at radius 3 is 3.00 bits per heavy atom. The van der Waals surface area contributed by atoms with Gasteiger partial charge in [0.25, 0.3) is 0 Å². The van der Waals surface area contributed by atoms with Crippen LogP contribution in [0.1, 0.15) is 17.5 Å². The van der Waals surface area contributed by atoms with Crippen molar-refractivity contribution in [2.75, 3.05) is 7.11 Å². The van der Waals surface area contributed by atoms with E-state index < -0.39 is 0 Å². The highest BCUT2D eigenvalue weighted by atomic mass is 79.9. The van der Waals surface area contributed by atoms with E-state index in [2.05, 4.69) is 31.7 Å². The molecule has 0 unspecified atom stereocenters. The molecule has 78 valence electrons. The van der Waals surface area contributed by atoms with E-state index in [4.69, 9.17) is 5.26 Å². The molecular weight excluding hydrogens is 260 g/mol. The number of rotatable bonds is 3. The van der Waals surface area contributed by atoms with Gasteiger partial charge in [-0.05, 0) is 27.9 Å².